The van der Waals surface area contributed by atoms with E-state index >= 15 is 0 Å². The van der Waals surface area contributed by atoms with Crippen LogP contribution in [0.5, 0.6) is 0 Å². The van der Waals surface area contributed by atoms with Gasteiger partial charge in [0.1, 0.15) is 0 Å². The molecule has 0 saturated heterocycles. The molecule has 0 N–H and O–H groups in total. The highest BCUT2D eigenvalue weighted by molar-refractivity contribution is 6.67. The molecule has 0 aromatic heterocycles. The van der Waals surface area contributed by atoms with Crippen molar-refractivity contribution in [1.82, 2.24) is 0 Å². The Kier molecular flexibility index (Phi) is 2.46. The number of benzene rings is 1. The van der Waals surface area contributed by atoms with Crippen molar-refractivity contribution in [1.29, 1.82) is 0 Å². The van der Waals surface area contributed by atoms with Gasteiger partial charge in [0.15, 0.2) is 0 Å². The molecule has 0 amide bonds. The van der Waals surface area contributed by atoms with Gasteiger partial charge in [0.25, 0.3) is 5.24 Å². The fourth-order valence-electron chi connectivity index (χ4n) is 1.90. The van der Waals surface area contributed by atoms with E-state index in [9.17, 15) is 4.79 Å². The first kappa shape index (κ1) is 9.53. The molecule has 0 bridgehead atoms. The van der Waals surface area contributed by atoms with Gasteiger partial charge in [-0.3, -0.25) is 4.79 Å². The molecular weight excluding hydrogens is 198 g/mol. The molecule has 3 heteroatoms. The summed E-state index contributed by atoms with van der Waals surface area (Å²) in [7, 11) is 0. The molecule has 1 aromatic carbocycles. The second kappa shape index (κ2) is 3.62. The maximum absolute atomic E-state index is 11.0. The standard InChI is InChI=1S/C11H12ClNO/c1-2-13-6-5-8-3-4-9(11(12)14)7-10(8)13/h3-4,7H,2,5-6H2,1H3. The lowest BCUT2D eigenvalue weighted by Crippen LogP contribution is -2.19. The molecule has 1 aliphatic heterocycles. The molecule has 0 unspecified atom stereocenters. The molecule has 0 fully saturated rings. The number of carbonyl (C=O) groups excluding carboxylic acids is 1. The normalized spacial score (nSPS) is 14.3. The molecule has 0 radical (unpaired) electrons. The monoisotopic (exact) mass is 209 g/mol. The fourth-order valence-corrected chi connectivity index (χ4v) is 2.01. The van der Waals surface area contributed by atoms with Gasteiger partial charge in [-0.25, -0.2) is 0 Å². The highest BCUT2D eigenvalue weighted by atomic mass is 35.5. The molecule has 14 heavy (non-hydrogen) atoms. The Balaban J connectivity index is 2.42. The van der Waals surface area contributed by atoms with Crippen LogP contribution >= 0.6 is 11.6 Å². The summed E-state index contributed by atoms with van der Waals surface area (Å²) in [5.74, 6) is 0. The van der Waals surface area contributed by atoms with Crippen molar-refractivity contribution < 1.29 is 4.79 Å². The minimum absolute atomic E-state index is 0.379. The highest BCUT2D eigenvalue weighted by Crippen LogP contribution is 2.28. The Bertz CT molecular complexity index is 376. The Morgan fingerprint density at radius 3 is 3.00 bits per heavy atom. The zero-order chi connectivity index (χ0) is 10.1. The van der Waals surface area contributed by atoms with Crippen LogP contribution in [0, 0.1) is 0 Å². The quantitative estimate of drug-likeness (QED) is 0.698. The van der Waals surface area contributed by atoms with Crippen molar-refractivity contribution in [2.45, 2.75) is 13.3 Å². The third-order valence-corrected chi connectivity index (χ3v) is 2.90. The summed E-state index contributed by atoms with van der Waals surface area (Å²) in [5.41, 5.74) is 3.07. The summed E-state index contributed by atoms with van der Waals surface area (Å²) in [5, 5.41) is -0.379. The molecule has 0 atom stereocenters. The first-order valence-corrected chi connectivity index (χ1v) is 5.18. The van der Waals surface area contributed by atoms with Crippen LogP contribution in [-0.4, -0.2) is 18.3 Å². The van der Waals surface area contributed by atoms with Gasteiger partial charge in [0, 0.05) is 24.3 Å². The van der Waals surface area contributed by atoms with Gasteiger partial charge in [-0.15, -0.1) is 0 Å². The first-order valence-electron chi connectivity index (χ1n) is 4.80. The Hall–Kier alpha value is -1.02. The maximum atomic E-state index is 11.0. The van der Waals surface area contributed by atoms with E-state index in [1.807, 2.05) is 12.1 Å². The lowest BCUT2D eigenvalue weighted by Gasteiger charge is -2.16. The highest BCUT2D eigenvalue weighted by Gasteiger charge is 2.18. The number of nitrogens with zero attached hydrogens (tertiary/aromatic N) is 1. The van der Waals surface area contributed by atoms with Gasteiger partial charge in [-0.05, 0) is 42.6 Å². The number of hydrogen-bond acceptors (Lipinski definition) is 2. The number of halogens is 1. The van der Waals surface area contributed by atoms with E-state index in [1.165, 1.54) is 11.3 Å². The van der Waals surface area contributed by atoms with E-state index in [0.29, 0.717) is 5.56 Å². The van der Waals surface area contributed by atoms with Crippen molar-refractivity contribution in [3.05, 3.63) is 29.3 Å². The van der Waals surface area contributed by atoms with Crippen LogP contribution in [0.15, 0.2) is 18.2 Å². The largest absolute Gasteiger partial charge is 0.371 e. The predicted octanol–water partition coefficient (Wildman–Crippen LogP) is 2.45. The third kappa shape index (κ3) is 1.50. The fraction of sp³-hybridized carbons (Fsp3) is 0.364. The maximum Gasteiger partial charge on any atom is 0.252 e. The Morgan fingerprint density at radius 1 is 1.57 bits per heavy atom. The lowest BCUT2D eigenvalue weighted by atomic mass is 10.1. The molecule has 2 nitrogen and oxygen atoms in total. The number of carbonyl (C=O) groups is 1. The van der Waals surface area contributed by atoms with Gasteiger partial charge in [-0.2, -0.15) is 0 Å². The van der Waals surface area contributed by atoms with Crippen molar-refractivity contribution in [3.63, 3.8) is 0 Å². The molecule has 1 heterocycles. The zero-order valence-electron chi connectivity index (χ0n) is 8.09. The van der Waals surface area contributed by atoms with Crippen LogP contribution in [-0.2, 0) is 6.42 Å². The topological polar surface area (TPSA) is 20.3 Å². The lowest BCUT2D eigenvalue weighted by molar-refractivity contribution is 0.108. The van der Waals surface area contributed by atoms with Crippen LogP contribution < -0.4 is 4.90 Å². The van der Waals surface area contributed by atoms with Crippen LogP contribution in [0.3, 0.4) is 0 Å². The summed E-state index contributed by atoms with van der Waals surface area (Å²) < 4.78 is 0. The molecule has 74 valence electrons. The summed E-state index contributed by atoms with van der Waals surface area (Å²) in [6.07, 6.45) is 1.07. The summed E-state index contributed by atoms with van der Waals surface area (Å²) in [6, 6.07) is 5.69. The van der Waals surface area contributed by atoms with Gasteiger partial charge in [0.2, 0.25) is 0 Å². The summed E-state index contributed by atoms with van der Waals surface area (Å²) in [4.78, 5) is 13.2. The van der Waals surface area contributed by atoms with Crippen LogP contribution in [0.4, 0.5) is 5.69 Å². The van der Waals surface area contributed by atoms with Crippen LogP contribution in [0.2, 0.25) is 0 Å². The van der Waals surface area contributed by atoms with Crippen LogP contribution in [0.1, 0.15) is 22.8 Å². The summed E-state index contributed by atoms with van der Waals surface area (Å²) >= 11 is 5.44. The minimum atomic E-state index is -0.379. The van der Waals surface area contributed by atoms with E-state index in [1.54, 1.807) is 6.07 Å². The average Bonchev–Trinajstić information content (AvgIpc) is 2.59. The zero-order valence-corrected chi connectivity index (χ0v) is 8.84. The van der Waals surface area contributed by atoms with Crippen molar-refractivity contribution in [2.24, 2.45) is 0 Å². The van der Waals surface area contributed by atoms with E-state index in [4.69, 9.17) is 11.6 Å². The van der Waals surface area contributed by atoms with Crippen molar-refractivity contribution in [3.8, 4) is 0 Å². The number of likely N-dealkylation sites (N-methyl/N-ethyl adjacent to an activating group) is 1. The number of hydrogen-bond donors (Lipinski definition) is 0. The molecule has 0 aliphatic carbocycles. The van der Waals surface area contributed by atoms with Gasteiger partial charge in [0.05, 0.1) is 0 Å². The Labute approximate surface area is 88.5 Å². The van der Waals surface area contributed by atoms with Gasteiger partial charge >= 0.3 is 0 Å². The van der Waals surface area contributed by atoms with Gasteiger partial charge in [-0.1, -0.05) is 6.07 Å². The number of fused-ring (bicyclic) bond motifs is 1. The second-order valence-corrected chi connectivity index (χ2v) is 3.79. The number of rotatable bonds is 2. The Morgan fingerprint density at radius 2 is 2.36 bits per heavy atom. The van der Waals surface area contributed by atoms with Crippen LogP contribution in [0.25, 0.3) is 0 Å². The molecule has 2 rings (SSSR count). The van der Waals surface area contributed by atoms with E-state index < -0.39 is 0 Å². The molecule has 1 aromatic rings. The van der Waals surface area contributed by atoms with E-state index in [-0.39, 0.29) is 5.24 Å². The summed E-state index contributed by atoms with van der Waals surface area (Å²) in [6.45, 7) is 4.14. The van der Waals surface area contributed by atoms with Crippen molar-refractivity contribution >= 4 is 22.5 Å². The first-order chi connectivity index (χ1) is 6.72. The molecule has 0 saturated carbocycles. The smallest absolute Gasteiger partial charge is 0.252 e. The minimum Gasteiger partial charge on any atom is -0.371 e. The van der Waals surface area contributed by atoms with Crippen molar-refractivity contribution in [2.75, 3.05) is 18.0 Å². The van der Waals surface area contributed by atoms with E-state index in [0.717, 1.165) is 19.5 Å². The average molecular weight is 210 g/mol. The molecule has 0 spiro atoms. The predicted molar refractivity (Wildman–Crippen MR) is 58.2 cm³/mol. The van der Waals surface area contributed by atoms with Gasteiger partial charge < -0.3 is 4.90 Å². The molecule has 1 aliphatic rings. The second-order valence-electron chi connectivity index (χ2n) is 3.45. The third-order valence-electron chi connectivity index (χ3n) is 2.69. The number of anilines is 1. The SMILES string of the molecule is CCN1CCc2ccc(C(=O)Cl)cc21. The molecular formula is C11H12ClNO. The van der Waals surface area contributed by atoms with E-state index in [2.05, 4.69) is 11.8 Å².